The van der Waals surface area contributed by atoms with Crippen LogP contribution < -0.4 is 0 Å². The lowest BCUT2D eigenvalue weighted by molar-refractivity contribution is 0.0686. The molecule has 0 N–H and O–H groups in total. The highest BCUT2D eigenvalue weighted by molar-refractivity contribution is 5.91. The predicted octanol–water partition coefficient (Wildman–Crippen LogP) is 3.80. The molecule has 6 heteroatoms. The Morgan fingerprint density at radius 3 is 2.65 bits per heavy atom. The summed E-state index contributed by atoms with van der Waals surface area (Å²) in [5.41, 5.74) is 1.14. The molecule has 3 rings (SSSR count). The lowest BCUT2D eigenvalue weighted by Crippen LogP contribution is -2.30. The van der Waals surface area contributed by atoms with Gasteiger partial charge in [-0.15, -0.1) is 0 Å². The van der Waals surface area contributed by atoms with Crippen LogP contribution >= 0.6 is 0 Å². The van der Waals surface area contributed by atoms with Crippen LogP contribution in [0.2, 0.25) is 0 Å². The van der Waals surface area contributed by atoms with Crippen LogP contribution in [0.25, 0.3) is 0 Å². The molecule has 0 saturated carbocycles. The molecule has 0 fully saturated rings. The Labute approximate surface area is 151 Å². The van der Waals surface area contributed by atoms with E-state index in [1.54, 1.807) is 49.7 Å². The van der Waals surface area contributed by atoms with E-state index in [1.807, 2.05) is 12.1 Å². The topological polar surface area (TPSA) is 55.6 Å². The predicted molar refractivity (Wildman–Crippen MR) is 93.6 cm³/mol. The normalized spacial score (nSPS) is 10.7. The number of ether oxygens (including phenoxy) is 1. The minimum Gasteiger partial charge on any atom is -0.453 e. The number of aromatic nitrogens is 1. The molecule has 134 valence electrons. The highest BCUT2D eigenvalue weighted by atomic mass is 19.1. The third-order valence-corrected chi connectivity index (χ3v) is 3.84. The summed E-state index contributed by atoms with van der Waals surface area (Å²) >= 11 is 0. The number of methoxy groups -OCH3 is 1. The molecular weight excluding hydrogens is 335 g/mol. The van der Waals surface area contributed by atoms with E-state index in [0.717, 1.165) is 0 Å². The molecule has 0 aliphatic heterocycles. The zero-order chi connectivity index (χ0) is 18.4. The quantitative estimate of drug-likeness (QED) is 0.648. The van der Waals surface area contributed by atoms with Crippen LogP contribution in [0, 0.1) is 5.82 Å². The Morgan fingerprint density at radius 1 is 1.12 bits per heavy atom. The summed E-state index contributed by atoms with van der Waals surface area (Å²) in [6.45, 7) is 0.636. The Bertz CT molecular complexity index is 864. The van der Waals surface area contributed by atoms with Crippen molar-refractivity contribution in [2.75, 3.05) is 7.11 Å². The van der Waals surface area contributed by atoms with Crippen molar-refractivity contribution in [1.82, 2.24) is 9.88 Å². The molecule has 0 atom stereocenters. The Balaban J connectivity index is 1.86. The van der Waals surface area contributed by atoms with Gasteiger partial charge < -0.3 is 14.1 Å². The number of hydrogen-bond donors (Lipinski definition) is 0. The fraction of sp³-hybridized carbons (Fsp3) is 0.200. The number of furan rings is 1. The largest absolute Gasteiger partial charge is 0.453 e. The maximum Gasteiger partial charge on any atom is 0.290 e. The molecule has 0 aliphatic rings. The van der Waals surface area contributed by atoms with Crippen molar-refractivity contribution in [3.8, 4) is 0 Å². The third kappa shape index (κ3) is 4.34. The van der Waals surface area contributed by atoms with Crippen molar-refractivity contribution in [3.05, 3.63) is 89.4 Å². The van der Waals surface area contributed by atoms with Gasteiger partial charge in [-0.2, -0.15) is 0 Å². The van der Waals surface area contributed by atoms with Crippen LogP contribution in [0.1, 0.15) is 27.6 Å². The highest BCUT2D eigenvalue weighted by Crippen LogP contribution is 2.17. The smallest absolute Gasteiger partial charge is 0.290 e. The second-order valence-corrected chi connectivity index (χ2v) is 5.77. The monoisotopic (exact) mass is 354 g/mol. The Morgan fingerprint density at radius 2 is 1.92 bits per heavy atom. The van der Waals surface area contributed by atoms with Crippen molar-refractivity contribution in [3.63, 3.8) is 0 Å². The molecule has 0 radical (unpaired) electrons. The first-order valence-electron chi connectivity index (χ1n) is 8.17. The number of carbonyl (C=O) groups excluding carboxylic acids is 1. The summed E-state index contributed by atoms with van der Waals surface area (Å²) < 4.78 is 24.6. The zero-order valence-corrected chi connectivity index (χ0v) is 14.4. The lowest BCUT2D eigenvalue weighted by atomic mass is 10.2. The van der Waals surface area contributed by atoms with Gasteiger partial charge in [0.2, 0.25) is 0 Å². The molecule has 26 heavy (non-hydrogen) atoms. The van der Waals surface area contributed by atoms with Crippen LogP contribution in [-0.2, 0) is 24.4 Å². The standard InChI is InChI=1S/C20H19FN2O3/c1-25-14-17-9-10-19(26-17)20(24)23(13-16-7-4-5-11-22-16)12-15-6-2-3-8-18(15)21/h2-11H,12-14H2,1H3. The molecule has 1 aromatic carbocycles. The van der Waals surface area contributed by atoms with Gasteiger partial charge in [0.15, 0.2) is 5.76 Å². The molecule has 1 amide bonds. The van der Waals surface area contributed by atoms with Gasteiger partial charge in [0.25, 0.3) is 5.91 Å². The van der Waals surface area contributed by atoms with Crippen LogP contribution in [-0.4, -0.2) is 22.9 Å². The number of nitrogens with zero attached hydrogens (tertiary/aromatic N) is 2. The number of hydrogen-bond acceptors (Lipinski definition) is 4. The number of amides is 1. The Kier molecular flexibility index (Phi) is 5.76. The maximum absolute atomic E-state index is 14.1. The summed E-state index contributed by atoms with van der Waals surface area (Å²) in [6, 6.07) is 15.2. The van der Waals surface area contributed by atoms with E-state index in [9.17, 15) is 9.18 Å². The number of halogens is 1. The van der Waals surface area contributed by atoms with E-state index >= 15 is 0 Å². The molecule has 0 bridgehead atoms. The number of rotatable bonds is 7. The number of carbonyl (C=O) groups is 1. The van der Waals surface area contributed by atoms with E-state index in [1.165, 1.54) is 11.0 Å². The third-order valence-electron chi connectivity index (χ3n) is 3.84. The van der Waals surface area contributed by atoms with E-state index in [2.05, 4.69) is 4.98 Å². The first-order valence-corrected chi connectivity index (χ1v) is 8.17. The number of pyridine rings is 1. The van der Waals surface area contributed by atoms with Crippen molar-refractivity contribution in [1.29, 1.82) is 0 Å². The molecule has 0 unspecified atom stereocenters. The minimum absolute atomic E-state index is 0.113. The van der Waals surface area contributed by atoms with Gasteiger partial charge in [0, 0.05) is 25.4 Å². The second kappa shape index (κ2) is 8.40. The van der Waals surface area contributed by atoms with Gasteiger partial charge in [-0.05, 0) is 30.3 Å². The molecule has 3 aromatic rings. The summed E-state index contributed by atoms with van der Waals surface area (Å²) in [5.74, 6) is 0.0518. The molecule has 2 heterocycles. The van der Waals surface area contributed by atoms with Gasteiger partial charge in [0.05, 0.1) is 12.2 Å². The molecule has 0 saturated heterocycles. The van der Waals surface area contributed by atoms with Crippen molar-refractivity contribution < 1.29 is 18.3 Å². The summed E-state index contributed by atoms with van der Waals surface area (Å²) in [6.07, 6.45) is 1.66. The van der Waals surface area contributed by atoms with E-state index in [-0.39, 0.29) is 37.2 Å². The minimum atomic E-state index is -0.356. The van der Waals surface area contributed by atoms with Crippen LogP contribution in [0.3, 0.4) is 0 Å². The second-order valence-electron chi connectivity index (χ2n) is 5.77. The van der Waals surface area contributed by atoms with Gasteiger partial charge in [-0.1, -0.05) is 24.3 Å². The van der Waals surface area contributed by atoms with Crippen LogP contribution in [0.15, 0.2) is 65.2 Å². The molecule has 0 aliphatic carbocycles. The van der Waals surface area contributed by atoms with Crippen molar-refractivity contribution in [2.24, 2.45) is 0 Å². The molecular formula is C20H19FN2O3. The molecule has 5 nitrogen and oxygen atoms in total. The summed E-state index contributed by atoms with van der Waals surface area (Å²) in [7, 11) is 1.55. The SMILES string of the molecule is COCc1ccc(C(=O)N(Cc2ccccn2)Cc2ccccc2F)o1. The molecule has 0 spiro atoms. The fourth-order valence-corrected chi connectivity index (χ4v) is 2.59. The zero-order valence-electron chi connectivity index (χ0n) is 14.4. The van der Waals surface area contributed by atoms with Crippen molar-refractivity contribution >= 4 is 5.91 Å². The van der Waals surface area contributed by atoms with Gasteiger partial charge in [-0.3, -0.25) is 9.78 Å². The van der Waals surface area contributed by atoms with E-state index in [0.29, 0.717) is 17.0 Å². The van der Waals surface area contributed by atoms with E-state index < -0.39 is 0 Å². The highest BCUT2D eigenvalue weighted by Gasteiger charge is 2.21. The van der Waals surface area contributed by atoms with E-state index in [4.69, 9.17) is 9.15 Å². The van der Waals surface area contributed by atoms with Gasteiger partial charge in [-0.25, -0.2) is 4.39 Å². The van der Waals surface area contributed by atoms with Gasteiger partial charge in [0.1, 0.15) is 18.2 Å². The Hall–Kier alpha value is -2.99. The van der Waals surface area contributed by atoms with Crippen LogP contribution in [0.4, 0.5) is 4.39 Å². The fourth-order valence-electron chi connectivity index (χ4n) is 2.59. The van der Waals surface area contributed by atoms with Crippen molar-refractivity contribution in [2.45, 2.75) is 19.7 Å². The average molecular weight is 354 g/mol. The number of benzene rings is 1. The lowest BCUT2D eigenvalue weighted by Gasteiger charge is -2.21. The summed E-state index contributed by atoms with van der Waals surface area (Å²) in [5, 5.41) is 0. The first-order chi connectivity index (χ1) is 12.7. The van der Waals surface area contributed by atoms with Crippen LogP contribution in [0.5, 0.6) is 0 Å². The summed E-state index contributed by atoms with van der Waals surface area (Å²) in [4.78, 5) is 18.7. The first kappa shape index (κ1) is 17.8. The molecule has 2 aromatic heterocycles. The maximum atomic E-state index is 14.1. The average Bonchev–Trinajstić information content (AvgIpc) is 3.12. The van der Waals surface area contributed by atoms with Gasteiger partial charge >= 0.3 is 0 Å².